The van der Waals surface area contributed by atoms with E-state index in [1.165, 1.54) is 0 Å². The first-order valence-corrected chi connectivity index (χ1v) is 7.59. The van der Waals surface area contributed by atoms with E-state index in [0.717, 1.165) is 15.7 Å². The third-order valence-electron chi connectivity index (χ3n) is 3.42. The van der Waals surface area contributed by atoms with E-state index >= 15 is 0 Å². The third kappa shape index (κ3) is 2.69. The molecule has 0 aliphatic heterocycles. The van der Waals surface area contributed by atoms with Crippen molar-refractivity contribution in [2.45, 2.75) is 19.9 Å². The van der Waals surface area contributed by atoms with Crippen LogP contribution in [0.15, 0.2) is 40.9 Å². The fourth-order valence-electron chi connectivity index (χ4n) is 2.11. The molecule has 21 heavy (non-hydrogen) atoms. The Labute approximate surface area is 131 Å². The van der Waals surface area contributed by atoms with Gasteiger partial charge in [-0.15, -0.1) is 10.2 Å². The lowest BCUT2D eigenvalue weighted by molar-refractivity contribution is 0.480. The van der Waals surface area contributed by atoms with E-state index in [4.69, 9.17) is 5.73 Å². The molecule has 2 N–H and O–H groups in total. The van der Waals surface area contributed by atoms with Gasteiger partial charge in [0.2, 0.25) is 0 Å². The molecule has 6 heteroatoms. The molecule has 0 saturated heterocycles. The Hall–Kier alpha value is -1.79. The summed E-state index contributed by atoms with van der Waals surface area (Å²) in [7, 11) is 0. The van der Waals surface area contributed by atoms with Crippen molar-refractivity contribution in [1.29, 1.82) is 0 Å². The molecule has 0 unspecified atom stereocenters. The van der Waals surface area contributed by atoms with Crippen molar-refractivity contribution in [1.82, 2.24) is 19.8 Å². The minimum atomic E-state index is -0.190. The quantitative estimate of drug-likeness (QED) is 0.791. The smallest absolute Gasteiger partial charge is 0.178 e. The molecule has 0 fully saturated rings. The molecule has 3 rings (SSSR count). The Morgan fingerprint density at radius 3 is 2.67 bits per heavy atom. The highest BCUT2D eigenvalue weighted by Gasteiger charge is 2.18. The second kappa shape index (κ2) is 5.54. The van der Waals surface area contributed by atoms with Crippen LogP contribution in [0.5, 0.6) is 0 Å². The largest absolute Gasteiger partial charge is 0.321 e. The molecule has 0 radical (unpaired) electrons. The second-order valence-electron chi connectivity index (χ2n) is 5.33. The number of fused-ring (bicyclic) bond motifs is 1. The second-order valence-corrected chi connectivity index (χ2v) is 6.24. The van der Waals surface area contributed by atoms with Crippen molar-refractivity contribution in [3.63, 3.8) is 0 Å². The van der Waals surface area contributed by atoms with E-state index in [9.17, 15) is 0 Å². The van der Waals surface area contributed by atoms with Crippen LogP contribution in [0.4, 0.5) is 0 Å². The number of hydrogen-bond donors (Lipinski definition) is 1. The summed E-state index contributed by atoms with van der Waals surface area (Å²) in [6, 6.07) is 11.7. The van der Waals surface area contributed by atoms with Gasteiger partial charge in [-0.3, -0.25) is 0 Å². The van der Waals surface area contributed by atoms with E-state index in [1.54, 1.807) is 4.52 Å². The number of nitrogens with zero attached hydrogens (tertiary/aromatic N) is 4. The summed E-state index contributed by atoms with van der Waals surface area (Å²) in [6.07, 6.45) is 0. The highest BCUT2D eigenvalue weighted by atomic mass is 79.9. The standard InChI is InChI=1S/C15H16BrN5/c1-9(2)14(17)15-19-18-13-7-6-12(20-21(13)15)10-4-3-5-11(16)8-10/h3-9,14H,17H2,1-2H3/t14-/m0/s1. The van der Waals surface area contributed by atoms with Crippen LogP contribution < -0.4 is 5.73 Å². The summed E-state index contributed by atoms with van der Waals surface area (Å²) in [6.45, 7) is 4.12. The highest BCUT2D eigenvalue weighted by Crippen LogP contribution is 2.23. The summed E-state index contributed by atoms with van der Waals surface area (Å²) in [4.78, 5) is 0. The van der Waals surface area contributed by atoms with E-state index in [-0.39, 0.29) is 12.0 Å². The maximum absolute atomic E-state index is 6.19. The Balaban J connectivity index is 2.13. The van der Waals surface area contributed by atoms with Gasteiger partial charge in [-0.05, 0) is 30.2 Å². The first-order chi connectivity index (χ1) is 10.1. The summed E-state index contributed by atoms with van der Waals surface area (Å²) >= 11 is 3.48. The van der Waals surface area contributed by atoms with Gasteiger partial charge in [0.1, 0.15) is 0 Å². The van der Waals surface area contributed by atoms with Gasteiger partial charge in [-0.25, -0.2) is 0 Å². The van der Waals surface area contributed by atoms with Gasteiger partial charge in [-0.1, -0.05) is 41.9 Å². The van der Waals surface area contributed by atoms with E-state index in [2.05, 4.69) is 45.1 Å². The molecule has 108 valence electrons. The number of benzene rings is 1. The molecule has 0 spiro atoms. The van der Waals surface area contributed by atoms with Gasteiger partial charge >= 0.3 is 0 Å². The third-order valence-corrected chi connectivity index (χ3v) is 3.92. The fraction of sp³-hybridized carbons (Fsp3) is 0.267. The maximum atomic E-state index is 6.19. The highest BCUT2D eigenvalue weighted by molar-refractivity contribution is 9.10. The van der Waals surface area contributed by atoms with Crippen LogP contribution in [0.1, 0.15) is 25.7 Å². The molecule has 0 amide bonds. The summed E-state index contributed by atoms with van der Waals surface area (Å²) in [5.41, 5.74) is 8.79. The first kappa shape index (κ1) is 14.2. The lowest BCUT2D eigenvalue weighted by Crippen LogP contribution is -2.20. The first-order valence-electron chi connectivity index (χ1n) is 6.80. The minimum Gasteiger partial charge on any atom is -0.321 e. The molecular formula is C15H16BrN5. The number of rotatable bonds is 3. The van der Waals surface area contributed by atoms with Crippen molar-refractivity contribution >= 4 is 21.6 Å². The number of aromatic nitrogens is 4. The monoisotopic (exact) mass is 345 g/mol. The Morgan fingerprint density at radius 1 is 1.14 bits per heavy atom. The number of hydrogen-bond acceptors (Lipinski definition) is 4. The summed E-state index contributed by atoms with van der Waals surface area (Å²) in [5, 5.41) is 13.0. The molecule has 0 saturated carbocycles. The molecule has 2 aromatic heterocycles. The minimum absolute atomic E-state index is 0.190. The van der Waals surface area contributed by atoms with Crippen molar-refractivity contribution in [2.24, 2.45) is 11.7 Å². The van der Waals surface area contributed by atoms with Gasteiger partial charge in [0.05, 0.1) is 11.7 Å². The predicted octanol–water partition coefficient (Wildman–Crippen LogP) is 3.21. The zero-order valence-corrected chi connectivity index (χ0v) is 13.4. The van der Waals surface area contributed by atoms with Crippen LogP contribution >= 0.6 is 15.9 Å². The van der Waals surface area contributed by atoms with Gasteiger partial charge in [-0.2, -0.15) is 9.61 Å². The van der Waals surface area contributed by atoms with Crippen molar-refractivity contribution in [3.05, 3.63) is 46.7 Å². The van der Waals surface area contributed by atoms with Crippen LogP contribution in [0.3, 0.4) is 0 Å². The molecular weight excluding hydrogens is 330 g/mol. The average molecular weight is 346 g/mol. The lowest BCUT2D eigenvalue weighted by Gasteiger charge is -2.13. The molecule has 5 nitrogen and oxygen atoms in total. The van der Waals surface area contributed by atoms with Gasteiger partial charge in [0, 0.05) is 10.0 Å². The van der Waals surface area contributed by atoms with Crippen LogP contribution in [0.2, 0.25) is 0 Å². The van der Waals surface area contributed by atoms with Crippen LogP contribution in [-0.4, -0.2) is 19.8 Å². The Bertz CT molecular complexity index is 781. The summed E-state index contributed by atoms with van der Waals surface area (Å²) in [5.74, 6) is 0.963. The Morgan fingerprint density at radius 2 is 1.95 bits per heavy atom. The van der Waals surface area contributed by atoms with E-state index in [1.807, 2.05) is 36.4 Å². The van der Waals surface area contributed by atoms with Crippen LogP contribution in [-0.2, 0) is 0 Å². The van der Waals surface area contributed by atoms with Crippen molar-refractivity contribution in [3.8, 4) is 11.3 Å². The lowest BCUT2D eigenvalue weighted by atomic mass is 10.1. The topological polar surface area (TPSA) is 69.1 Å². The fourth-order valence-corrected chi connectivity index (χ4v) is 2.51. The summed E-state index contributed by atoms with van der Waals surface area (Å²) < 4.78 is 2.76. The van der Waals surface area contributed by atoms with Crippen LogP contribution in [0, 0.1) is 5.92 Å². The molecule has 2 heterocycles. The Kier molecular flexibility index (Phi) is 3.73. The van der Waals surface area contributed by atoms with Gasteiger partial charge < -0.3 is 5.73 Å². The van der Waals surface area contributed by atoms with Gasteiger partial charge in [0.25, 0.3) is 0 Å². The predicted molar refractivity (Wildman–Crippen MR) is 85.7 cm³/mol. The molecule has 0 bridgehead atoms. The maximum Gasteiger partial charge on any atom is 0.178 e. The molecule has 0 aliphatic carbocycles. The van der Waals surface area contributed by atoms with Gasteiger partial charge in [0.15, 0.2) is 11.5 Å². The number of nitrogens with two attached hydrogens (primary N) is 1. The van der Waals surface area contributed by atoms with E-state index in [0.29, 0.717) is 11.5 Å². The average Bonchev–Trinajstić information content (AvgIpc) is 2.89. The molecule has 1 atom stereocenters. The molecule has 1 aromatic carbocycles. The van der Waals surface area contributed by atoms with E-state index < -0.39 is 0 Å². The SMILES string of the molecule is CC(C)[C@H](N)c1nnc2ccc(-c3cccc(Br)c3)nn12. The zero-order chi connectivity index (χ0) is 15.0. The van der Waals surface area contributed by atoms with Crippen molar-refractivity contribution < 1.29 is 0 Å². The normalized spacial score (nSPS) is 13.0. The van der Waals surface area contributed by atoms with Crippen LogP contribution in [0.25, 0.3) is 16.9 Å². The molecule has 0 aliphatic rings. The molecule has 3 aromatic rings. The number of halogens is 1. The zero-order valence-electron chi connectivity index (χ0n) is 11.9. The van der Waals surface area contributed by atoms with Crippen molar-refractivity contribution in [2.75, 3.05) is 0 Å².